The Kier molecular flexibility index (Phi) is 6.52. The highest BCUT2D eigenvalue weighted by atomic mass is 16.5. The van der Waals surface area contributed by atoms with Crippen LogP contribution in [-0.2, 0) is 17.8 Å². The van der Waals surface area contributed by atoms with Gasteiger partial charge in [0.1, 0.15) is 36.0 Å². The van der Waals surface area contributed by atoms with Gasteiger partial charge in [-0.15, -0.1) is 0 Å². The summed E-state index contributed by atoms with van der Waals surface area (Å²) >= 11 is 0. The molecule has 3 N–H and O–H groups in total. The minimum Gasteiger partial charge on any atom is -0.490 e. The number of morpholine rings is 1. The van der Waals surface area contributed by atoms with Crippen molar-refractivity contribution in [3.8, 4) is 5.75 Å². The molecule has 1 aliphatic heterocycles. The number of nitrogens with zero attached hydrogens (tertiary/aromatic N) is 3. The lowest BCUT2D eigenvalue weighted by Gasteiger charge is -2.26. The first-order valence-corrected chi connectivity index (χ1v) is 10.6. The van der Waals surface area contributed by atoms with Crippen LogP contribution in [-0.4, -0.2) is 60.1 Å². The molecule has 0 bridgehead atoms. The van der Waals surface area contributed by atoms with Gasteiger partial charge >= 0.3 is 5.95 Å². The molecule has 2 heterocycles. The maximum absolute atomic E-state index is 10.6. The Bertz CT molecular complexity index is 982. The Morgan fingerprint density at radius 3 is 2.63 bits per heavy atom. The van der Waals surface area contributed by atoms with E-state index in [1.165, 1.54) is 0 Å². The van der Waals surface area contributed by atoms with Crippen molar-refractivity contribution < 1.29 is 19.1 Å². The molecule has 0 saturated carbocycles. The number of imidazole rings is 1. The molecule has 7 nitrogen and oxygen atoms in total. The smallest absolute Gasteiger partial charge is 0.356 e. The van der Waals surface area contributed by atoms with Crippen LogP contribution in [0.5, 0.6) is 5.75 Å². The van der Waals surface area contributed by atoms with Gasteiger partial charge in [-0.1, -0.05) is 30.3 Å². The van der Waals surface area contributed by atoms with Crippen molar-refractivity contribution in [2.45, 2.75) is 26.1 Å². The van der Waals surface area contributed by atoms with Crippen molar-refractivity contribution in [1.29, 1.82) is 0 Å². The fraction of sp³-hybridized carbons (Fsp3) is 0.435. The Morgan fingerprint density at radius 1 is 1.10 bits per heavy atom. The largest absolute Gasteiger partial charge is 0.490 e. The molecule has 3 aromatic rings. The molecule has 0 amide bonds. The molecule has 4 rings (SSSR count). The van der Waals surface area contributed by atoms with Crippen molar-refractivity contribution in [2.75, 3.05) is 45.2 Å². The number of para-hydroxylation sites is 3. The molecule has 0 spiro atoms. The van der Waals surface area contributed by atoms with Gasteiger partial charge in [-0.3, -0.25) is 10.6 Å². The quantitative estimate of drug-likeness (QED) is 0.551. The fourth-order valence-electron chi connectivity index (χ4n) is 3.97. The summed E-state index contributed by atoms with van der Waals surface area (Å²) in [6.07, 6.45) is -0.671. The fourth-order valence-corrected chi connectivity index (χ4v) is 3.97. The number of hydrogen-bond acceptors (Lipinski definition) is 5. The topological polar surface area (TPSA) is 76.8 Å². The second-order valence-corrected chi connectivity index (χ2v) is 7.79. The number of anilines is 1. The predicted molar refractivity (Wildman–Crippen MR) is 116 cm³/mol. The highest BCUT2D eigenvalue weighted by Crippen LogP contribution is 2.18. The molecule has 1 atom stereocenters. The number of rotatable bonds is 8. The molecule has 160 valence electrons. The number of ether oxygens (including phenoxy) is 2. The van der Waals surface area contributed by atoms with E-state index in [9.17, 15) is 5.11 Å². The molecule has 0 aliphatic carbocycles. The SMILES string of the molecule is Cc1ccccc1OC[C@H](O)C[n+]1c(N)n(CCN2CCOCC2)c2ccccc21. The Morgan fingerprint density at radius 2 is 1.83 bits per heavy atom. The summed E-state index contributed by atoms with van der Waals surface area (Å²) in [5, 5.41) is 10.6. The van der Waals surface area contributed by atoms with Crippen LogP contribution >= 0.6 is 0 Å². The van der Waals surface area contributed by atoms with Crippen LogP contribution in [0.25, 0.3) is 11.0 Å². The van der Waals surface area contributed by atoms with Gasteiger partial charge in [0.2, 0.25) is 0 Å². The maximum atomic E-state index is 10.6. The van der Waals surface area contributed by atoms with Crippen LogP contribution in [0.3, 0.4) is 0 Å². The van der Waals surface area contributed by atoms with E-state index in [1.807, 2.05) is 54.0 Å². The van der Waals surface area contributed by atoms with E-state index in [0.29, 0.717) is 12.5 Å². The summed E-state index contributed by atoms with van der Waals surface area (Å²) in [5.41, 5.74) is 9.69. The number of fused-ring (bicyclic) bond motifs is 1. The van der Waals surface area contributed by atoms with E-state index in [0.717, 1.165) is 61.7 Å². The standard InChI is InChI=1S/C23H30N4O3/c1-18-6-2-5-9-22(18)30-17-19(28)16-27-21-8-4-3-7-20(21)26(23(27)24)11-10-25-12-14-29-15-13-25/h2-9,19,24,28H,10-17H2,1H3/p+1/t19-/m1/s1. The summed E-state index contributed by atoms with van der Waals surface area (Å²) in [6, 6.07) is 16.0. The van der Waals surface area contributed by atoms with Gasteiger partial charge in [0.25, 0.3) is 0 Å². The minimum atomic E-state index is -0.671. The Hall–Kier alpha value is -2.61. The van der Waals surface area contributed by atoms with Crippen LogP contribution in [0.2, 0.25) is 0 Å². The third-order valence-electron chi connectivity index (χ3n) is 5.68. The van der Waals surface area contributed by atoms with Crippen molar-refractivity contribution in [1.82, 2.24) is 9.47 Å². The summed E-state index contributed by atoms with van der Waals surface area (Å²) in [6.45, 7) is 7.79. The summed E-state index contributed by atoms with van der Waals surface area (Å²) in [7, 11) is 0. The lowest BCUT2D eigenvalue weighted by molar-refractivity contribution is -0.665. The first-order chi connectivity index (χ1) is 14.6. The van der Waals surface area contributed by atoms with E-state index in [1.54, 1.807) is 0 Å². The summed E-state index contributed by atoms with van der Waals surface area (Å²) in [4.78, 5) is 2.40. The van der Waals surface area contributed by atoms with Gasteiger partial charge in [0.15, 0.2) is 0 Å². The van der Waals surface area contributed by atoms with Gasteiger partial charge in [-0.05, 0) is 30.7 Å². The van der Waals surface area contributed by atoms with E-state index in [-0.39, 0.29) is 6.61 Å². The number of nitrogens with two attached hydrogens (primary N) is 1. The summed E-state index contributed by atoms with van der Waals surface area (Å²) in [5.74, 6) is 1.45. The molecule has 30 heavy (non-hydrogen) atoms. The molecule has 1 aromatic heterocycles. The van der Waals surface area contributed by atoms with Gasteiger partial charge in [0, 0.05) is 19.6 Å². The van der Waals surface area contributed by atoms with Gasteiger partial charge < -0.3 is 14.6 Å². The molecule has 7 heteroatoms. The number of aliphatic hydroxyl groups is 1. The molecule has 2 aromatic carbocycles. The average molecular weight is 412 g/mol. The molecule has 1 fully saturated rings. The first-order valence-electron chi connectivity index (χ1n) is 10.6. The Balaban J connectivity index is 1.47. The van der Waals surface area contributed by atoms with Crippen molar-refractivity contribution in [3.05, 3.63) is 54.1 Å². The third-order valence-corrected chi connectivity index (χ3v) is 5.68. The molecule has 1 saturated heterocycles. The lowest BCUT2D eigenvalue weighted by atomic mass is 10.2. The number of aromatic nitrogens is 2. The zero-order chi connectivity index (χ0) is 20.9. The van der Waals surface area contributed by atoms with Crippen LogP contribution in [0.1, 0.15) is 5.56 Å². The van der Waals surface area contributed by atoms with E-state index < -0.39 is 6.10 Å². The van der Waals surface area contributed by atoms with E-state index in [2.05, 4.69) is 15.5 Å². The maximum Gasteiger partial charge on any atom is 0.356 e. The number of hydrogen-bond donors (Lipinski definition) is 2. The number of benzene rings is 2. The van der Waals surface area contributed by atoms with Gasteiger partial charge in [-0.2, -0.15) is 0 Å². The van der Waals surface area contributed by atoms with Crippen LogP contribution in [0.15, 0.2) is 48.5 Å². The second kappa shape index (κ2) is 9.47. The Labute approximate surface area is 177 Å². The van der Waals surface area contributed by atoms with Gasteiger partial charge in [-0.25, -0.2) is 9.13 Å². The lowest BCUT2D eigenvalue weighted by Crippen LogP contribution is -2.44. The highest BCUT2D eigenvalue weighted by molar-refractivity contribution is 5.73. The van der Waals surface area contributed by atoms with Crippen molar-refractivity contribution >= 4 is 17.0 Å². The van der Waals surface area contributed by atoms with E-state index in [4.69, 9.17) is 15.2 Å². The van der Waals surface area contributed by atoms with Crippen molar-refractivity contribution in [3.63, 3.8) is 0 Å². The molecular formula is C23H31N4O3+. The molecular weight excluding hydrogens is 380 g/mol. The summed E-state index contributed by atoms with van der Waals surface area (Å²) < 4.78 is 15.4. The average Bonchev–Trinajstić information content (AvgIpc) is 3.03. The molecule has 0 radical (unpaired) electrons. The number of aliphatic hydroxyl groups excluding tert-OH is 1. The van der Waals surface area contributed by atoms with Crippen LogP contribution in [0.4, 0.5) is 5.95 Å². The number of nitrogen functional groups attached to an aromatic ring is 1. The zero-order valence-electron chi connectivity index (χ0n) is 17.5. The van der Waals surface area contributed by atoms with Gasteiger partial charge in [0.05, 0.1) is 19.8 Å². The second-order valence-electron chi connectivity index (χ2n) is 7.79. The highest BCUT2D eigenvalue weighted by Gasteiger charge is 2.24. The third kappa shape index (κ3) is 4.59. The number of aryl methyl sites for hydroxylation is 1. The predicted octanol–water partition coefficient (Wildman–Crippen LogP) is 1.59. The monoisotopic (exact) mass is 411 g/mol. The molecule has 0 unspecified atom stereocenters. The van der Waals surface area contributed by atoms with Crippen molar-refractivity contribution in [2.24, 2.45) is 0 Å². The molecule has 1 aliphatic rings. The zero-order valence-corrected chi connectivity index (χ0v) is 17.5. The minimum absolute atomic E-state index is 0.213. The first kappa shape index (κ1) is 20.7. The van der Waals surface area contributed by atoms with Crippen LogP contribution < -0.4 is 15.0 Å². The van der Waals surface area contributed by atoms with E-state index >= 15 is 0 Å². The van der Waals surface area contributed by atoms with Crippen LogP contribution in [0, 0.1) is 6.92 Å². The normalized spacial score (nSPS) is 16.1.